The van der Waals surface area contributed by atoms with Crippen molar-refractivity contribution in [1.82, 2.24) is 14.7 Å². The first-order valence-corrected chi connectivity index (χ1v) is 8.27. The third-order valence-electron chi connectivity index (χ3n) is 3.94. The van der Waals surface area contributed by atoms with Gasteiger partial charge in [0.2, 0.25) is 5.91 Å². The Kier molecular flexibility index (Phi) is 5.92. The number of hydrogen-bond acceptors (Lipinski definition) is 4. The first kappa shape index (κ1) is 17.3. The molecule has 2 aromatic rings. The van der Waals surface area contributed by atoms with Crippen LogP contribution in [0.3, 0.4) is 0 Å². The summed E-state index contributed by atoms with van der Waals surface area (Å²) in [7, 11) is 0. The minimum absolute atomic E-state index is 0.275. The number of aromatic nitrogens is 2. The lowest BCUT2D eigenvalue weighted by molar-refractivity contribution is -0.111. The molecule has 0 spiro atoms. The fraction of sp³-hybridized carbons (Fsp3) is 0.333. The minimum atomic E-state index is -0.302. The van der Waals surface area contributed by atoms with Gasteiger partial charge in [-0.1, -0.05) is 12.1 Å². The van der Waals surface area contributed by atoms with E-state index in [1.807, 2.05) is 10.9 Å². The molecule has 1 fully saturated rings. The molecule has 0 saturated carbocycles. The predicted octanol–water partition coefficient (Wildman–Crippen LogP) is 2.01. The first-order chi connectivity index (χ1) is 12.2. The van der Waals surface area contributed by atoms with Gasteiger partial charge in [-0.3, -0.25) is 14.4 Å². The molecule has 0 bridgehead atoms. The SMILES string of the molecule is O=C(/C=C/c1ccc(F)cc1)Nc1ccn(CCN2CCOCC2)n1. The second kappa shape index (κ2) is 8.55. The molecular weight excluding hydrogens is 323 g/mol. The van der Waals surface area contributed by atoms with Crippen LogP contribution in [0.25, 0.3) is 6.08 Å². The van der Waals surface area contributed by atoms with Crippen molar-refractivity contribution in [2.45, 2.75) is 6.54 Å². The van der Waals surface area contributed by atoms with E-state index in [-0.39, 0.29) is 11.7 Å². The molecule has 7 heteroatoms. The summed E-state index contributed by atoms with van der Waals surface area (Å²) in [6, 6.07) is 7.70. The molecule has 1 aromatic heterocycles. The van der Waals surface area contributed by atoms with E-state index in [9.17, 15) is 9.18 Å². The number of hydrogen-bond donors (Lipinski definition) is 1. The number of ether oxygens (including phenoxy) is 1. The highest BCUT2D eigenvalue weighted by Crippen LogP contribution is 2.06. The molecule has 0 aliphatic carbocycles. The van der Waals surface area contributed by atoms with Crippen LogP contribution < -0.4 is 5.32 Å². The molecule has 3 rings (SSSR count). The number of carbonyl (C=O) groups is 1. The van der Waals surface area contributed by atoms with Crippen molar-refractivity contribution in [1.29, 1.82) is 0 Å². The topological polar surface area (TPSA) is 59.4 Å². The van der Waals surface area contributed by atoms with Crippen LogP contribution in [0.4, 0.5) is 10.2 Å². The summed E-state index contributed by atoms with van der Waals surface area (Å²) >= 11 is 0. The number of nitrogens with zero attached hydrogens (tertiary/aromatic N) is 3. The number of carbonyl (C=O) groups excluding carboxylic acids is 1. The summed E-state index contributed by atoms with van der Waals surface area (Å²) < 4.78 is 20.0. The third-order valence-corrected chi connectivity index (χ3v) is 3.94. The maximum absolute atomic E-state index is 12.8. The number of anilines is 1. The Morgan fingerprint density at radius 3 is 2.72 bits per heavy atom. The lowest BCUT2D eigenvalue weighted by Crippen LogP contribution is -2.38. The summed E-state index contributed by atoms with van der Waals surface area (Å²) in [5.74, 6) is -0.0669. The Labute approximate surface area is 145 Å². The van der Waals surface area contributed by atoms with Gasteiger partial charge in [-0.2, -0.15) is 5.10 Å². The quantitative estimate of drug-likeness (QED) is 0.815. The molecule has 1 amide bonds. The van der Waals surface area contributed by atoms with Gasteiger partial charge >= 0.3 is 0 Å². The van der Waals surface area contributed by atoms with Crippen LogP contribution in [-0.4, -0.2) is 53.4 Å². The van der Waals surface area contributed by atoms with Gasteiger partial charge in [-0.15, -0.1) is 0 Å². The van der Waals surface area contributed by atoms with E-state index in [1.165, 1.54) is 18.2 Å². The number of nitrogens with one attached hydrogen (secondary N) is 1. The largest absolute Gasteiger partial charge is 0.379 e. The van der Waals surface area contributed by atoms with Crippen LogP contribution >= 0.6 is 0 Å². The van der Waals surface area contributed by atoms with Crippen LogP contribution in [0.1, 0.15) is 5.56 Å². The van der Waals surface area contributed by atoms with Crippen molar-refractivity contribution in [3.63, 3.8) is 0 Å². The molecule has 1 aliphatic heterocycles. The highest BCUT2D eigenvalue weighted by atomic mass is 19.1. The molecule has 0 unspecified atom stereocenters. The molecule has 2 heterocycles. The lowest BCUT2D eigenvalue weighted by Gasteiger charge is -2.26. The van der Waals surface area contributed by atoms with Gasteiger partial charge in [0.25, 0.3) is 0 Å². The van der Waals surface area contributed by atoms with Crippen molar-refractivity contribution in [3.05, 3.63) is 54.0 Å². The van der Waals surface area contributed by atoms with Crippen molar-refractivity contribution in [3.8, 4) is 0 Å². The zero-order valence-electron chi connectivity index (χ0n) is 13.9. The number of halogens is 1. The maximum atomic E-state index is 12.8. The van der Waals surface area contributed by atoms with Crippen molar-refractivity contribution >= 4 is 17.8 Å². The average molecular weight is 344 g/mol. The molecule has 6 nitrogen and oxygen atoms in total. The van der Waals surface area contributed by atoms with E-state index in [0.29, 0.717) is 5.82 Å². The van der Waals surface area contributed by atoms with E-state index < -0.39 is 0 Å². The third kappa shape index (κ3) is 5.51. The van der Waals surface area contributed by atoms with Crippen molar-refractivity contribution < 1.29 is 13.9 Å². The zero-order chi connectivity index (χ0) is 17.5. The second-order valence-electron chi connectivity index (χ2n) is 5.79. The molecule has 1 aliphatic rings. The molecule has 25 heavy (non-hydrogen) atoms. The smallest absolute Gasteiger partial charge is 0.249 e. The van der Waals surface area contributed by atoms with E-state index in [0.717, 1.165) is 45.0 Å². The highest BCUT2D eigenvalue weighted by Gasteiger charge is 2.10. The fourth-order valence-corrected chi connectivity index (χ4v) is 2.54. The Morgan fingerprint density at radius 2 is 1.96 bits per heavy atom. The van der Waals surface area contributed by atoms with E-state index in [4.69, 9.17) is 4.74 Å². The number of amides is 1. The molecule has 1 saturated heterocycles. The van der Waals surface area contributed by atoms with Crippen LogP contribution in [0.15, 0.2) is 42.6 Å². The number of rotatable bonds is 6. The molecule has 1 N–H and O–H groups in total. The van der Waals surface area contributed by atoms with Crippen molar-refractivity contribution in [2.24, 2.45) is 0 Å². The Balaban J connectivity index is 1.46. The van der Waals surface area contributed by atoms with Gasteiger partial charge < -0.3 is 10.1 Å². The Bertz CT molecular complexity index is 721. The van der Waals surface area contributed by atoms with Crippen molar-refractivity contribution in [2.75, 3.05) is 38.2 Å². The monoisotopic (exact) mass is 344 g/mol. The molecule has 0 radical (unpaired) electrons. The van der Waals surface area contributed by atoms with Gasteiger partial charge in [-0.25, -0.2) is 4.39 Å². The van der Waals surface area contributed by atoms with Crippen LogP contribution in [0, 0.1) is 5.82 Å². The summed E-state index contributed by atoms with van der Waals surface area (Å²) in [4.78, 5) is 14.3. The number of morpholine rings is 1. The van der Waals surface area contributed by atoms with E-state index in [1.54, 1.807) is 24.3 Å². The summed E-state index contributed by atoms with van der Waals surface area (Å²) in [5, 5.41) is 7.06. The Morgan fingerprint density at radius 1 is 1.20 bits per heavy atom. The molecular formula is C18H21FN4O2. The Hall–Kier alpha value is -2.51. The lowest BCUT2D eigenvalue weighted by atomic mass is 10.2. The fourth-order valence-electron chi connectivity index (χ4n) is 2.54. The van der Waals surface area contributed by atoms with Gasteiger partial charge in [0.1, 0.15) is 5.82 Å². The average Bonchev–Trinajstić information content (AvgIpc) is 3.08. The van der Waals surface area contributed by atoms with E-state index in [2.05, 4.69) is 15.3 Å². The van der Waals surface area contributed by atoms with Gasteiger partial charge in [0.05, 0.1) is 19.8 Å². The number of benzene rings is 1. The highest BCUT2D eigenvalue weighted by molar-refractivity contribution is 6.01. The predicted molar refractivity (Wildman–Crippen MR) is 93.5 cm³/mol. The summed E-state index contributed by atoms with van der Waals surface area (Å²) in [5.41, 5.74) is 0.757. The van der Waals surface area contributed by atoms with Crippen LogP contribution in [0.2, 0.25) is 0 Å². The minimum Gasteiger partial charge on any atom is -0.379 e. The van der Waals surface area contributed by atoms with Crippen LogP contribution in [-0.2, 0) is 16.1 Å². The standard InChI is InChI=1S/C18H21FN4O2/c19-16-4-1-15(2-5-16)3-6-18(24)20-17-7-8-23(21-17)10-9-22-11-13-25-14-12-22/h1-8H,9-14H2,(H,20,21,24)/b6-3+. The van der Waals surface area contributed by atoms with Gasteiger partial charge in [-0.05, 0) is 23.8 Å². The second-order valence-corrected chi connectivity index (χ2v) is 5.79. The van der Waals surface area contributed by atoms with Crippen LogP contribution in [0.5, 0.6) is 0 Å². The molecule has 0 atom stereocenters. The maximum Gasteiger partial charge on any atom is 0.249 e. The van der Waals surface area contributed by atoms with Gasteiger partial charge in [0, 0.05) is 38.0 Å². The van der Waals surface area contributed by atoms with E-state index >= 15 is 0 Å². The summed E-state index contributed by atoms with van der Waals surface area (Å²) in [6.07, 6.45) is 4.88. The first-order valence-electron chi connectivity index (χ1n) is 8.27. The molecule has 132 valence electrons. The zero-order valence-corrected chi connectivity index (χ0v) is 13.9. The summed E-state index contributed by atoms with van der Waals surface area (Å²) in [6.45, 7) is 5.11. The van der Waals surface area contributed by atoms with Gasteiger partial charge in [0.15, 0.2) is 5.82 Å². The normalized spacial score (nSPS) is 15.6. The molecule has 1 aromatic carbocycles.